The lowest BCUT2D eigenvalue weighted by Gasteiger charge is -2.28. The molecule has 1 fully saturated rings. The number of morpholine rings is 1. The van der Waals surface area contributed by atoms with Crippen molar-refractivity contribution >= 4 is 5.91 Å². The average molecular weight is 333 g/mol. The van der Waals surface area contributed by atoms with Gasteiger partial charge in [-0.3, -0.25) is 9.59 Å². The highest BCUT2D eigenvalue weighted by atomic mass is 16.5. The number of ether oxygens (including phenoxy) is 1. The third-order valence-corrected chi connectivity index (χ3v) is 4.02. The summed E-state index contributed by atoms with van der Waals surface area (Å²) in [5.41, 5.74) is -0.538. The van der Waals surface area contributed by atoms with Gasteiger partial charge < -0.3 is 23.6 Å². The molecule has 7 nitrogen and oxygen atoms in total. The SMILES string of the molecule is Cc1cc(=O)c(O)c([C@@H](CC(=O)N2CCOCC2)c2ccco2)o1. The van der Waals surface area contributed by atoms with Crippen LogP contribution in [0, 0.1) is 6.92 Å². The number of aromatic hydroxyl groups is 1. The molecular weight excluding hydrogens is 314 g/mol. The Labute approximate surface area is 138 Å². The fourth-order valence-electron chi connectivity index (χ4n) is 2.79. The summed E-state index contributed by atoms with van der Waals surface area (Å²) in [7, 11) is 0. The lowest BCUT2D eigenvalue weighted by atomic mass is 9.97. The van der Waals surface area contributed by atoms with Crippen LogP contribution in [0.3, 0.4) is 0 Å². The Morgan fingerprint density at radius 2 is 2.12 bits per heavy atom. The lowest BCUT2D eigenvalue weighted by Crippen LogP contribution is -2.41. The molecule has 0 spiro atoms. The number of carbonyl (C=O) groups excluding carboxylic acids is 1. The van der Waals surface area contributed by atoms with Gasteiger partial charge in [-0.05, 0) is 19.1 Å². The molecule has 0 radical (unpaired) electrons. The molecule has 1 amide bonds. The average Bonchev–Trinajstić information content (AvgIpc) is 3.11. The maximum absolute atomic E-state index is 12.6. The molecule has 1 aliphatic heterocycles. The number of aryl methyl sites for hydroxylation is 1. The summed E-state index contributed by atoms with van der Waals surface area (Å²) in [4.78, 5) is 26.2. The number of amides is 1. The monoisotopic (exact) mass is 333 g/mol. The zero-order valence-electron chi connectivity index (χ0n) is 13.4. The first-order chi connectivity index (χ1) is 11.6. The Bertz CT molecular complexity index is 758. The van der Waals surface area contributed by atoms with Crippen LogP contribution in [0.4, 0.5) is 0 Å². The first kappa shape index (κ1) is 16.3. The van der Waals surface area contributed by atoms with Gasteiger partial charge in [0.15, 0.2) is 5.76 Å². The second-order valence-electron chi connectivity index (χ2n) is 5.70. The van der Waals surface area contributed by atoms with E-state index in [1.54, 1.807) is 24.0 Å². The van der Waals surface area contributed by atoms with Gasteiger partial charge in [-0.2, -0.15) is 0 Å². The molecule has 0 unspecified atom stereocenters. The van der Waals surface area contributed by atoms with Crippen LogP contribution in [0.25, 0.3) is 0 Å². The van der Waals surface area contributed by atoms with Crippen molar-refractivity contribution in [2.24, 2.45) is 0 Å². The van der Waals surface area contributed by atoms with Crippen LogP contribution in [0.15, 0.2) is 38.1 Å². The van der Waals surface area contributed by atoms with E-state index < -0.39 is 17.1 Å². The van der Waals surface area contributed by atoms with Crippen LogP contribution < -0.4 is 5.43 Å². The Balaban J connectivity index is 1.93. The van der Waals surface area contributed by atoms with Crippen LogP contribution in [0.2, 0.25) is 0 Å². The molecule has 1 N–H and O–H groups in total. The van der Waals surface area contributed by atoms with Crippen LogP contribution in [0.1, 0.15) is 29.6 Å². The summed E-state index contributed by atoms with van der Waals surface area (Å²) < 4.78 is 16.2. The summed E-state index contributed by atoms with van der Waals surface area (Å²) in [5, 5.41) is 10.1. The molecule has 1 atom stereocenters. The van der Waals surface area contributed by atoms with Crippen molar-refractivity contribution in [3.63, 3.8) is 0 Å². The first-order valence-electron chi connectivity index (χ1n) is 7.79. The molecule has 2 aromatic heterocycles. The van der Waals surface area contributed by atoms with Crippen molar-refractivity contribution in [1.29, 1.82) is 0 Å². The van der Waals surface area contributed by atoms with E-state index in [4.69, 9.17) is 13.6 Å². The Hall–Kier alpha value is -2.54. The van der Waals surface area contributed by atoms with Gasteiger partial charge in [-0.15, -0.1) is 0 Å². The van der Waals surface area contributed by atoms with Crippen LogP contribution in [0.5, 0.6) is 5.75 Å². The highest BCUT2D eigenvalue weighted by Gasteiger charge is 2.30. The number of hydrogen-bond donors (Lipinski definition) is 1. The molecule has 128 valence electrons. The largest absolute Gasteiger partial charge is 0.502 e. The topological polar surface area (TPSA) is 93.1 Å². The third kappa shape index (κ3) is 3.35. The Morgan fingerprint density at radius 3 is 2.79 bits per heavy atom. The number of nitrogens with zero attached hydrogens (tertiary/aromatic N) is 1. The zero-order valence-corrected chi connectivity index (χ0v) is 13.4. The van der Waals surface area contributed by atoms with Gasteiger partial charge >= 0.3 is 0 Å². The van der Waals surface area contributed by atoms with Gasteiger partial charge in [0.25, 0.3) is 0 Å². The van der Waals surface area contributed by atoms with Crippen molar-refractivity contribution in [1.82, 2.24) is 4.90 Å². The van der Waals surface area contributed by atoms with Gasteiger partial charge in [-0.25, -0.2) is 0 Å². The molecule has 3 rings (SSSR count). The van der Waals surface area contributed by atoms with Gasteiger partial charge in [-0.1, -0.05) is 0 Å². The number of rotatable bonds is 4. The third-order valence-electron chi connectivity index (χ3n) is 4.02. The predicted octanol–water partition coefficient (Wildman–Crippen LogP) is 1.63. The first-order valence-corrected chi connectivity index (χ1v) is 7.79. The number of furan rings is 1. The quantitative estimate of drug-likeness (QED) is 0.914. The molecule has 1 aliphatic rings. The van der Waals surface area contributed by atoms with E-state index in [2.05, 4.69) is 0 Å². The fraction of sp³-hybridized carbons (Fsp3) is 0.412. The van der Waals surface area contributed by atoms with E-state index in [1.807, 2.05) is 0 Å². The Kier molecular flexibility index (Phi) is 4.71. The van der Waals surface area contributed by atoms with Crippen molar-refractivity contribution in [3.05, 3.63) is 52.0 Å². The molecule has 3 heterocycles. The van der Waals surface area contributed by atoms with Gasteiger partial charge in [0.2, 0.25) is 17.1 Å². The van der Waals surface area contributed by atoms with E-state index in [-0.39, 0.29) is 18.1 Å². The van der Waals surface area contributed by atoms with Crippen molar-refractivity contribution in [3.8, 4) is 5.75 Å². The van der Waals surface area contributed by atoms with E-state index in [0.717, 1.165) is 0 Å². The second-order valence-corrected chi connectivity index (χ2v) is 5.70. The van der Waals surface area contributed by atoms with E-state index in [1.165, 1.54) is 12.3 Å². The molecular formula is C17H19NO6. The summed E-state index contributed by atoms with van der Waals surface area (Å²) in [5.74, 6) is -0.386. The number of carbonyl (C=O) groups is 1. The highest BCUT2D eigenvalue weighted by molar-refractivity contribution is 5.77. The summed E-state index contributed by atoms with van der Waals surface area (Å²) in [6.45, 7) is 3.66. The number of hydrogen-bond acceptors (Lipinski definition) is 6. The molecule has 7 heteroatoms. The normalized spacial score (nSPS) is 16.1. The smallest absolute Gasteiger partial charge is 0.227 e. The summed E-state index contributed by atoms with van der Waals surface area (Å²) in [6.07, 6.45) is 1.51. The van der Waals surface area contributed by atoms with Crippen LogP contribution in [-0.4, -0.2) is 42.2 Å². The van der Waals surface area contributed by atoms with Gasteiger partial charge in [0.1, 0.15) is 11.5 Å². The predicted molar refractivity (Wildman–Crippen MR) is 83.9 cm³/mol. The van der Waals surface area contributed by atoms with Crippen LogP contribution >= 0.6 is 0 Å². The minimum atomic E-state index is -0.664. The lowest BCUT2D eigenvalue weighted by molar-refractivity contribution is -0.135. The van der Waals surface area contributed by atoms with Crippen molar-refractivity contribution < 1.29 is 23.5 Å². The summed E-state index contributed by atoms with van der Waals surface area (Å²) >= 11 is 0. The van der Waals surface area contributed by atoms with Crippen LogP contribution in [-0.2, 0) is 9.53 Å². The van der Waals surface area contributed by atoms with Gasteiger partial charge in [0, 0.05) is 25.6 Å². The van der Waals surface area contributed by atoms with E-state index >= 15 is 0 Å². The molecule has 0 bridgehead atoms. The summed E-state index contributed by atoms with van der Waals surface area (Å²) in [6, 6.07) is 4.59. The van der Waals surface area contributed by atoms with E-state index in [9.17, 15) is 14.7 Å². The molecule has 24 heavy (non-hydrogen) atoms. The van der Waals surface area contributed by atoms with E-state index in [0.29, 0.717) is 37.8 Å². The maximum Gasteiger partial charge on any atom is 0.227 e. The minimum absolute atomic E-state index is 0.0352. The van der Waals surface area contributed by atoms with Gasteiger partial charge in [0.05, 0.1) is 25.4 Å². The standard InChI is InChI=1S/C17H19NO6/c1-11-9-13(19)16(21)17(24-11)12(14-3-2-6-23-14)10-15(20)18-4-7-22-8-5-18/h2-3,6,9,12,21H,4-5,7-8,10H2,1H3/t12-/m0/s1. The zero-order chi connectivity index (χ0) is 17.1. The van der Waals surface area contributed by atoms with Crippen molar-refractivity contribution in [2.45, 2.75) is 19.3 Å². The fourth-order valence-corrected chi connectivity index (χ4v) is 2.79. The molecule has 1 saturated heterocycles. The molecule has 0 aromatic carbocycles. The minimum Gasteiger partial charge on any atom is -0.502 e. The highest BCUT2D eigenvalue weighted by Crippen LogP contribution is 2.33. The molecule has 0 aliphatic carbocycles. The van der Waals surface area contributed by atoms with Crippen molar-refractivity contribution in [2.75, 3.05) is 26.3 Å². The Morgan fingerprint density at radius 1 is 1.38 bits per heavy atom. The second kappa shape index (κ2) is 6.92. The molecule has 0 saturated carbocycles. The molecule has 2 aromatic rings. The maximum atomic E-state index is 12.6.